The molecule has 0 saturated carbocycles. The Morgan fingerprint density at radius 2 is 1.80 bits per heavy atom. The summed E-state index contributed by atoms with van der Waals surface area (Å²) in [6.45, 7) is 6.90. The van der Waals surface area contributed by atoms with Crippen LogP contribution in [0, 0.1) is 0 Å². The third kappa shape index (κ3) is 4.37. The van der Waals surface area contributed by atoms with Gasteiger partial charge in [0.05, 0.1) is 45.7 Å². The Hall–Kier alpha value is -2.40. The second-order valence-electron chi connectivity index (χ2n) is 6.58. The summed E-state index contributed by atoms with van der Waals surface area (Å²) in [6, 6.07) is 14.0. The Labute approximate surface area is 148 Å². The molecule has 0 aromatic heterocycles. The fourth-order valence-electron chi connectivity index (χ4n) is 3.39. The highest BCUT2D eigenvalue weighted by Crippen LogP contribution is 2.18. The van der Waals surface area contributed by atoms with Crippen molar-refractivity contribution in [2.24, 2.45) is 0 Å². The van der Waals surface area contributed by atoms with Gasteiger partial charge >= 0.3 is 0 Å². The first-order valence-electron chi connectivity index (χ1n) is 9.02. The Kier molecular flexibility index (Phi) is 5.66. The molecule has 0 atom stereocenters. The quantitative estimate of drug-likeness (QED) is 0.820. The van der Waals surface area contributed by atoms with E-state index in [0.29, 0.717) is 6.42 Å². The number of carbonyl (C=O) groups excluding carboxylic acids is 2. The van der Waals surface area contributed by atoms with E-state index in [-0.39, 0.29) is 18.4 Å². The Morgan fingerprint density at radius 1 is 1.08 bits per heavy atom. The van der Waals surface area contributed by atoms with E-state index < -0.39 is 0 Å². The van der Waals surface area contributed by atoms with Crippen LogP contribution in [0.4, 0.5) is 0 Å². The average molecular weight is 340 g/mol. The molecule has 2 amide bonds. The van der Waals surface area contributed by atoms with E-state index >= 15 is 0 Å². The monoisotopic (exact) mass is 340 g/mol. The minimum atomic E-state index is -0.109. The fraction of sp³-hybridized carbons (Fsp3) is 0.400. The highest BCUT2D eigenvalue weighted by molar-refractivity contribution is 5.91. The van der Waals surface area contributed by atoms with Gasteiger partial charge in [-0.15, -0.1) is 0 Å². The van der Waals surface area contributed by atoms with Gasteiger partial charge < -0.3 is 15.1 Å². The zero-order valence-corrected chi connectivity index (χ0v) is 14.8. The van der Waals surface area contributed by atoms with Crippen LogP contribution in [0.2, 0.25) is 0 Å². The van der Waals surface area contributed by atoms with Gasteiger partial charge in [-0.25, -0.2) is 0 Å². The number of piperazine rings is 1. The number of likely N-dealkylation sites (N-methyl/N-ethyl adjacent to an activating group) is 1. The van der Waals surface area contributed by atoms with Gasteiger partial charge in [-0.1, -0.05) is 42.5 Å². The lowest BCUT2D eigenvalue weighted by molar-refractivity contribution is -0.902. The maximum Gasteiger partial charge on any atom is 0.242 e. The van der Waals surface area contributed by atoms with Crippen molar-refractivity contribution in [3.63, 3.8) is 0 Å². The van der Waals surface area contributed by atoms with Crippen molar-refractivity contribution >= 4 is 22.6 Å². The molecule has 0 bridgehead atoms. The molecule has 3 rings (SSSR count). The lowest BCUT2D eigenvalue weighted by Crippen LogP contribution is -3.14. The number of fused-ring (bicyclic) bond motifs is 1. The molecule has 0 radical (unpaired) electrons. The molecule has 132 valence electrons. The van der Waals surface area contributed by atoms with Crippen LogP contribution in [0.3, 0.4) is 0 Å². The van der Waals surface area contributed by atoms with Gasteiger partial charge in [-0.05, 0) is 23.3 Å². The highest BCUT2D eigenvalue weighted by Gasteiger charge is 2.22. The summed E-state index contributed by atoms with van der Waals surface area (Å²) in [7, 11) is 0. The number of hydrogen-bond donors (Lipinski definition) is 2. The highest BCUT2D eigenvalue weighted by atomic mass is 16.2. The number of quaternary nitrogens is 1. The maximum absolute atomic E-state index is 12.3. The van der Waals surface area contributed by atoms with Gasteiger partial charge in [0.2, 0.25) is 11.8 Å². The molecule has 2 aromatic carbocycles. The van der Waals surface area contributed by atoms with Gasteiger partial charge in [-0.3, -0.25) is 9.59 Å². The Bertz CT molecular complexity index is 746. The number of rotatable bonds is 5. The molecule has 2 aromatic rings. The lowest BCUT2D eigenvalue weighted by atomic mass is 10.0. The van der Waals surface area contributed by atoms with Crippen LogP contribution in [0.5, 0.6) is 0 Å². The van der Waals surface area contributed by atoms with Crippen LogP contribution in [0.15, 0.2) is 42.5 Å². The first-order valence-corrected chi connectivity index (χ1v) is 9.02. The minimum Gasteiger partial charge on any atom is -0.347 e. The van der Waals surface area contributed by atoms with Crippen molar-refractivity contribution in [2.75, 3.05) is 39.3 Å². The average Bonchev–Trinajstić information content (AvgIpc) is 2.66. The molecule has 1 heterocycles. The summed E-state index contributed by atoms with van der Waals surface area (Å²) in [5, 5.41) is 4.99. The van der Waals surface area contributed by atoms with Gasteiger partial charge in [-0.2, -0.15) is 0 Å². The predicted molar refractivity (Wildman–Crippen MR) is 98.5 cm³/mol. The standard InChI is InChI=1S/C20H25N3O2/c1-2-22-10-12-23(13-11-22)20(25)15-21-19(24)14-17-8-5-7-16-6-3-4-9-18(16)17/h3-9H,2,10-15H2,1H3,(H,21,24)/p+1. The molecule has 0 unspecified atom stereocenters. The van der Waals surface area contributed by atoms with Gasteiger partial charge in [0.15, 0.2) is 0 Å². The molecule has 1 fully saturated rings. The largest absolute Gasteiger partial charge is 0.347 e. The molecule has 1 saturated heterocycles. The first kappa shape index (κ1) is 17.4. The van der Waals surface area contributed by atoms with Crippen LogP contribution in [0.1, 0.15) is 12.5 Å². The number of carbonyl (C=O) groups is 2. The second-order valence-corrected chi connectivity index (χ2v) is 6.58. The summed E-state index contributed by atoms with van der Waals surface area (Å²) >= 11 is 0. The van der Waals surface area contributed by atoms with E-state index in [9.17, 15) is 9.59 Å². The third-order valence-corrected chi connectivity index (χ3v) is 4.99. The smallest absolute Gasteiger partial charge is 0.242 e. The number of nitrogens with zero attached hydrogens (tertiary/aromatic N) is 1. The van der Waals surface area contributed by atoms with Crippen molar-refractivity contribution in [2.45, 2.75) is 13.3 Å². The van der Waals surface area contributed by atoms with Crippen LogP contribution >= 0.6 is 0 Å². The third-order valence-electron chi connectivity index (χ3n) is 4.99. The molecule has 1 aliphatic heterocycles. The predicted octanol–water partition coefficient (Wildman–Crippen LogP) is 0.246. The fourth-order valence-corrected chi connectivity index (χ4v) is 3.39. The number of hydrogen-bond acceptors (Lipinski definition) is 2. The molecule has 0 spiro atoms. The summed E-state index contributed by atoms with van der Waals surface area (Å²) < 4.78 is 0. The summed E-state index contributed by atoms with van der Waals surface area (Å²) in [5.74, 6) is -0.0936. The molecule has 5 heteroatoms. The second kappa shape index (κ2) is 8.12. The molecular weight excluding hydrogens is 314 g/mol. The van der Waals surface area contributed by atoms with E-state index in [4.69, 9.17) is 0 Å². The van der Waals surface area contributed by atoms with Crippen LogP contribution in [-0.2, 0) is 16.0 Å². The number of benzene rings is 2. The van der Waals surface area contributed by atoms with Crippen molar-refractivity contribution in [1.29, 1.82) is 0 Å². The topological polar surface area (TPSA) is 53.9 Å². The molecule has 5 nitrogen and oxygen atoms in total. The summed E-state index contributed by atoms with van der Waals surface area (Å²) in [5.41, 5.74) is 0.989. The van der Waals surface area contributed by atoms with Crippen LogP contribution in [0.25, 0.3) is 10.8 Å². The van der Waals surface area contributed by atoms with E-state index in [2.05, 4.69) is 12.2 Å². The molecule has 0 aliphatic carbocycles. The van der Waals surface area contributed by atoms with E-state index in [1.165, 1.54) is 4.90 Å². The van der Waals surface area contributed by atoms with Crippen LogP contribution < -0.4 is 10.2 Å². The van der Waals surface area contributed by atoms with Crippen molar-refractivity contribution in [1.82, 2.24) is 10.2 Å². The number of amides is 2. The molecule has 2 N–H and O–H groups in total. The lowest BCUT2D eigenvalue weighted by Gasteiger charge is -2.31. The SMILES string of the molecule is CC[NH+]1CCN(C(=O)CNC(=O)Cc2cccc3ccccc23)CC1. The Morgan fingerprint density at radius 3 is 2.56 bits per heavy atom. The first-order chi connectivity index (χ1) is 12.2. The molecular formula is C20H26N3O2+. The summed E-state index contributed by atoms with van der Waals surface area (Å²) in [4.78, 5) is 27.9. The van der Waals surface area contributed by atoms with E-state index in [1.54, 1.807) is 0 Å². The molecule has 25 heavy (non-hydrogen) atoms. The van der Waals surface area contributed by atoms with Gasteiger partial charge in [0.25, 0.3) is 0 Å². The Balaban J connectivity index is 1.52. The van der Waals surface area contributed by atoms with E-state index in [1.807, 2.05) is 47.4 Å². The maximum atomic E-state index is 12.3. The van der Waals surface area contributed by atoms with Gasteiger partial charge in [0.1, 0.15) is 0 Å². The zero-order valence-electron chi connectivity index (χ0n) is 14.8. The van der Waals surface area contributed by atoms with Crippen molar-refractivity contribution in [3.8, 4) is 0 Å². The van der Waals surface area contributed by atoms with Gasteiger partial charge in [0, 0.05) is 0 Å². The molecule has 1 aliphatic rings. The van der Waals surface area contributed by atoms with Crippen molar-refractivity contribution < 1.29 is 14.5 Å². The normalized spacial score (nSPS) is 15.3. The van der Waals surface area contributed by atoms with Crippen molar-refractivity contribution in [3.05, 3.63) is 48.0 Å². The van der Waals surface area contributed by atoms with E-state index in [0.717, 1.165) is 49.1 Å². The minimum absolute atomic E-state index is 0.0152. The van der Waals surface area contributed by atoms with Crippen LogP contribution in [-0.4, -0.2) is 56.0 Å². The zero-order chi connectivity index (χ0) is 17.6. The summed E-state index contributed by atoms with van der Waals surface area (Å²) in [6.07, 6.45) is 0.294. The number of nitrogens with one attached hydrogen (secondary N) is 2.